The maximum atomic E-state index is 6.23. The number of nitrogens with zero attached hydrogens (tertiary/aromatic N) is 2. The summed E-state index contributed by atoms with van der Waals surface area (Å²) in [5, 5.41) is 8.84. The second kappa shape index (κ2) is 6.16. The van der Waals surface area contributed by atoms with E-state index in [4.69, 9.17) is 5.73 Å². The maximum absolute atomic E-state index is 6.23. The zero-order chi connectivity index (χ0) is 13.0. The molecule has 3 nitrogen and oxygen atoms in total. The van der Waals surface area contributed by atoms with Gasteiger partial charge in [0, 0.05) is 24.7 Å². The Bertz CT molecular complexity index is 473. The first-order chi connectivity index (χ1) is 8.72. The first kappa shape index (κ1) is 13.3. The minimum Gasteiger partial charge on any atom is -0.327 e. The fourth-order valence-electron chi connectivity index (χ4n) is 2.18. The molecule has 18 heavy (non-hydrogen) atoms. The van der Waals surface area contributed by atoms with E-state index in [0.29, 0.717) is 0 Å². The molecule has 1 atom stereocenters. The Morgan fingerprint density at radius 2 is 2.22 bits per heavy atom. The molecule has 0 spiro atoms. The number of hydrogen-bond donors (Lipinski definition) is 1. The van der Waals surface area contributed by atoms with Crippen molar-refractivity contribution in [3.63, 3.8) is 0 Å². The van der Waals surface area contributed by atoms with Crippen molar-refractivity contribution >= 4 is 11.3 Å². The van der Waals surface area contributed by atoms with Crippen molar-refractivity contribution < 1.29 is 0 Å². The Kier molecular flexibility index (Phi) is 4.55. The van der Waals surface area contributed by atoms with Crippen LogP contribution in [0, 0.1) is 0 Å². The standard InChI is InChI=1S/C14H21N3S/c1-3-13-9-14(17(4-2)16-13)8-12(15)7-11-5-6-18-10-11/h5-6,9-10,12H,3-4,7-8,15H2,1-2H3. The van der Waals surface area contributed by atoms with E-state index >= 15 is 0 Å². The number of aromatic nitrogens is 2. The molecule has 2 aromatic rings. The second-order valence-electron chi connectivity index (χ2n) is 4.60. The summed E-state index contributed by atoms with van der Waals surface area (Å²) in [4.78, 5) is 0. The fourth-order valence-corrected chi connectivity index (χ4v) is 2.86. The highest BCUT2D eigenvalue weighted by molar-refractivity contribution is 7.07. The summed E-state index contributed by atoms with van der Waals surface area (Å²) in [5.74, 6) is 0. The highest BCUT2D eigenvalue weighted by Crippen LogP contribution is 2.12. The van der Waals surface area contributed by atoms with Gasteiger partial charge in [-0.15, -0.1) is 0 Å². The predicted molar refractivity (Wildman–Crippen MR) is 77.0 cm³/mol. The first-order valence-electron chi connectivity index (χ1n) is 6.55. The Labute approximate surface area is 113 Å². The highest BCUT2D eigenvalue weighted by atomic mass is 32.1. The lowest BCUT2D eigenvalue weighted by Crippen LogP contribution is -2.26. The van der Waals surface area contributed by atoms with E-state index in [-0.39, 0.29) is 6.04 Å². The summed E-state index contributed by atoms with van der Waals surface area (Å²) in [6, 6.07) is 4.52. The van der Waals surface area contributed by atoms with E-state index < -0.39 is 0 Å². The van der Waals surface area contributed by atoms with Crippen LogP contribution in [0.25, 0.3) is 0 Å². The number of nitrogens with two attached hydrogens (primary N) is 1. The van der Waals surface area contributed by atoms with Gasteiger partial charge in [-0.1, -0.05) is 6.92 Å². The zero-order valence-electron chi connectivity index (χ0n) is 11.1. The molecule has 4 heteroatoms. The van der Waals surface area contributed by atoms with E-state index in [1.54, 1.807) is 11.3 Å². The molecule has 0 aromatic carbocycles. The van der Waals surface area contributed by atoms with Gasteiger partial charge in [-0.3, -0.25) is 4.68 Å². The normalized spacial score (nSPS) is 12.8. The zero-order valence-corrected chi connectivity index (χ0v) is 11.9. The average Bonchev–Trinajstić information content (AvgIpc) is 2.98. The lowest BCUT2D eigenvalue weighted by atomic mass is 10.0. The molecule has 0 saturated carbocycles. The third-order valence-corrected chi connectivity index (χ3v) is 3.86. The van der Waals surface area contributed by atoms with Crippen molar-refractivity contribution in [1.29, 1.82) is 0 Å². The van der Waals surface area contributed by atoms with Crippen LogP contribution in [-0.2, 0) is 25.8 Å². The predicted octanol–water partition coefficient (Wildman–Crippen LogP) is 2.64. The molecule has 2 rings (SSSR count). The van der Waals surface area contributed by atoms with Gasteiger partial charge in [0.1, 0.15) is 0 Å². The molecular formula is C14H21N3S. The molecule has 0 fully saturated rings. The quantitative estimate of drug-likeness (QED) is 0.870. The molecule has 2 aromatic heterocycles. The molecule has 0 aliphatic heterocycles. The third-order valence-electron chi connectivity index (χ3n) is 3.13. The minimum absolute atomic E-state index is 0.173. The summed E-state index contributed by atoms with van der Waals surface area (Å²) in [5.41, 5.74) is 10.00. The lowest BCUT2D eigenvalue weighted by Gasteiger charge is -2.11. The topological polar surface area (TPSA) is 43.8 Å². The molecule has 0 bridgehead atoms. The number of rotatable bonds is 6. The number of hydrogen-bond acceptors (Lipinski definition) is 3. The van der Waals surface area contributed by atoms with Crippen LogP contribution >= 0.6 is 11.3 Å². The smallest absolute Gasteiger partial charge is 0.0624 e. The Balaban J connectivity index is 2.01. The van der Waals surface area contributed by atoms with Crippen molar-refractivity contribution in [2.24, 2.45) is 5.73 Å². The Hall–Kier alpha value is -1.13. The van der Waals surface area contributed by atoms with Crippen LogP contribution in [0.5, 0.6) is 0 Å². The molecule has 2 N–H and O–H groups in total. The fraction of sp³-hybridized carbons (Fsp3) is 0.500. The second-order valence-corrected chi connectivity index (χ2v) is 5.38. The van der Waals surface area contributed by atoms with Crippen LogP contribution in [0.3, 0.4) is 0 Å². The van der Waals surface area contributed by atoms with Gasteiger partial charge in [-0.05, 0) is 48.2 Å². The van der Waals surface area contributed by atoms with Crippen LogP contribution in [0.1, 0.15) is 30.8 Å². The van der Waals surface area contributed by atoms with Crippen LogP contribution < -0.4 is 5.73 Å². The van der Waals surface area contributed by atoms with Crippen molar-refractivity contribution in [3.05, 3.63) is 39.8 Å². The summed E-state index contributed by atoms with van der Waals surface area (Å²) >= 11 is 1.73. The lowest BCUT2D eigenvalue weighted by molar-refractivity contribution is 0.573. The van der Waals surface area contributed by atoms with Crippen molar-refractivity contribution in [2.75, 3.05) is 0 Å². The monoisotopic (exact) mass is 263 g/mol. The SMILES string of the molecule is CCc1cc(CC(N)Cc2ccsc2)n(CC)n1. The summed E-state index contributed by atoms with van der Waals surface area (Å²) < 4.78 is 2.08. The van der Waals surface area contributed by atoms with Crippen LogP contribution in [-0.4, -0.2) is 15.8 Å². The summed E-state index contributed by atoms with van der Waals surface area (Å²) in [7, 11) is 0. The molecule has 2 heterocycles. The molecule has 0 radical (unpaired) electrons. The van der Waals surface area contributed by atoms with E-state index in [0.717, 1.165) is 31.5 Å². The Morgan fingerprint density at radius 1 is 1.39 bits per heavy atom. The van der Waals surface area contributed by atoms with Gasteiger partial charge in [0.05, 0.1) is 5.69 Å². The maximum Gasteiger partial charge on any atom is 0.0624 e. The molecule has 0 amide bonds. The molecular weight excluding hydrogens is 242 g/mol. The largest absolute Gasteiger partial charge is 0.327 e. The van der Waals surface area contributed by atoms with Gasteiger partial charge in [0.25, 0.3) is 0 Å². The summed E-state index contributed by atoms with van der Waals surface area (Å²) in [6.07, 6.45) is 2.83. The van der Waals surface area contributed by atoms with Crippen LogP contribution in [0.15, 0.2) is 22.9 Å². The van der Waals surface area contributed by atoms with Gasteiger partial charge in [-0.25, -0.2) is 0 Å². The third kappa shape index (κ3) is 3.21. The number of aryl methyl sites for hydroxylation is 2. The van der Waals surface area contributed by atoms with Gasteiger partial charge >= 0.3 is 0 Å². The van der Waals surface area contributed by atoms with E-state index in [1.165, 1.54) is 11.3 Å². The van der Waals surface area contributed by atoms with Gasteiger partial charge in [0.15, 0.2) is 0 Å². The van der Waals surface area contributed by atoms with Crippen LogP contribution in [0.2, 0.25) is 0 Å². The molecule has 0 saturated heterocycles. The van der Waals surface area contributed by atoms with Gasteiger partial charge in [-0.2, -0.15) is 16.4 Å². The van der Waals surface area contributed by atoms with Crippen LogP contribution in [0.4, 0.5) is 0 Å². The van der Waals surface area contributed by atoms with Gasteiger partial charge < -0.3 is 5.73 Å². The molecule has 1 unspecified atom stereocenters. The van der Waals surface area contributed by atoms with Crippen molar-refractivity contribution in [3.8, 4) is 0 Å². The van der Waals surface area contributed by atoms with E-state index in [2.05, 4.69) is 46.5 Å². The molecule has 0 aliphatic carbocycles. The first-order valence-corrected chi connectivity index (χ1v) is 7.49. The van der Waals surface area contributed by atoms with Gasteiger partial charge in [0.2, 0.25) is 0 Å². The minimum atomic E-state index is 0.173. The Morgan fingerprint density at radius 3 is 2.83 bits per heavy atom. The number of thiophene rings is 1. The molecule has 0 aliphatic rings. The highest BCUT2D eigenvalue weighted by Gasteiger charge is 2.11. The van der Waals surface area contributed by atoms with E-state index in [1.807, 2.05) is 0 Å². The van der Waals surface area contributed by atoms with Crippen molar-refractivity contribution in [1.82, 2.24) is 9.78 Å². The van der Waals surface area contributed by atoms with E-state index in [9.17, 15) is 0 Å². The molecule has 98 valence electrons. The van der Waals surface area contributed by atoms with Crippen molar-refractivity contribution in [2.45, 2.75) is 45.7 Å². The summed E-state index contributed by atoms with van der Waals surface area (Å²) in [6.45, 7) is 5.18. The average molecular weight is 263 g/mol.